The molecule has 1 aliphatic rings. The lowest BCUT2D eigenvalue weighted by molar-refractivity contribution is -0.0745. The van der Waals surface area contributed by atoms with Crippen LogP contribution in [0.5, 0.6) is 0 Å². The lowest BCUT2D eigenvalue weighted by atomic mass is 9.74. The standard InChI is InChI=1S/C15H27N3O/c1-5-18-11-13(10-17-18)14(16-3)15(19-4)8-6-12(2)7-9-15/h10-12,14,16H,5-9H2,1-4H3. The Kier molecular flexibility index (Phi) is 4.63. The zero-order chi connectivity index (χ0) is 13.9. The van der Waals surface area contributed by atoms with Crippen LogP contribution in [0.3, 0.4) is 0 Å². The Morgan fingerprint density at radius 2 is 2.21 bits per heavy atom. The molecule has 1 saturated carbocycles. The molecule has 1 N–H and O–H groups in total. The number of nitrogens with one attached hydrogen (secondary N) is 1. The van der Waals surface area contributed by atoms with Gasteiger partial charge in [0, 0.05) is 25.4 Å². The summed E-state index contributed by atoms with van der Waals surface area (Å²) in [4.78, 5) is 0. The summed E-state index contributed by atoms with van der Waals surface area (Å²) in [6, 6.07) is 0.227. The highest BCUT2D eigenvalue weighted by Crippen LogP contribution is 2.42. The third kappa shape index (κ3) is 2.84. The highest BCUT2D eigenvalue weighted by Gasteiger charge is 2.42. The van der Waals surface area contributed by atoms with Crippen molar-refractivity contribution in [3.8, 4) is 0 Å². The number of methoxy groups -OCH3 is 1. The average molecular weight is 265 g/mol. The van der Waals surface area contributed by atoms with Crippen LogP contribution in [0, 0.1) is 5.92 Å². The average Bonchev–Trinajstić information content (AvgIpc) is 2.90. The van der Waals surface area contributed by atoms with Gasteiger partial charge in [-0.1, -0.05) is 6.92 Å². The molecule has 0 radical (unpaired) electrons. The third-order valence-electron chi connectivity index (χ3n) is 4.65. The number of aromatic nitrogens is 2. The smallest absolute Gasteiger partial charge is 0.0873 e. The fourth-order valence-corrected chi connectivity index (χ4v) is 3.30. The summed E-state index contributed by atoms with van der Waals surface area (Å²) in [5, 5.41) is 7.85. The van der Waals surface area contributed by atoms with Gasteiger partial charge in [-0.2, -0.15) is 5.10 Å². The Hall–Kier alpha value is -0.870. The van der Waals surface area contributed by atoms with Crippen LogP contribution in [0.2, 0.25) is 0 Å². The minimum absolute atomic E-state index is 0.0805. The number of nitrogens with zero attached hydrogens (tertiary/aromatic N) is 2. The first-order valence-corrected chi connectivity index (χ1v) is 7.40. The predicted molar refractivity (Wildman–Crippen MR) is 77.1 cm³/mol. The maximum absolute atomic E-state index is 5.98. The van der Waals surface area contributed by atoms with Crippen LogP contribution in [-0.2, 0) is 11.3 Å². The molecule has 2 rings (SSSR count). The summed E-state index contributed by atoms with van der Waals surface area (Å²) in [5.41, 5.74) is 1.16. The highest BCUT2D eigenvalue weighted by molar-refractivity contribution is 5.17. The Morgan fingerprint density at radius 1 is 1.53 bits per heavy atom. The van der Waals surface area contributed by atoms with E-state index < -0.39 is 0 Å². The molecule has 1 aromatic heterocycles. The van der Waals surface area contributed by atoms with E-state index >= 15 is 0 Å². The van der Waals surface area contributed by atoms with Crippen molar-refractivity contribution < 1.29 is 4.74 Å². The van der Waals surface area contributed by atoms with Gasteiger partial charge in [0.15, 0.2) is 0 Å². The minimum atomic E-state index is -0.0805. The zero-order valence-corrected chi connectivity index (χ0v) is 12.6. The Labute approximate surface area is 116 Å². The van der Waals surface area contributed by atoms with Gasteiger partial charge >= 0.3 is 0 Å². The zero-order valence-electron chi connectivity index (χ0n) is 12.6. The Morgan fingerprint density at radius 3 is 2.68 bits per heavy atom. The van der Waals surface area contributed by atoms with Crippen LogP contribution in [0.25, 0.3) is 0 Å². The molecule has 1 aromatic rings. The number of hydrogen-bond donors (Lipinski definition) is 1. The Balaban J connectivity index is 2.23. The molecule has 0 spiro atoms. The van der Waals surface area contributed by atoms with Crippen molar-refractivity contribution in [2.75, 3.05) is 14.2 Å². The molecule has 0 bridgehead atoms. The van der Waals surface area contributed by atoms with Crippen LogP contribution in [-0.4, -0.2) is 29.5 Å². The van der Waals surface area contributed by atoms with Crippen molar-refractivity contribution in [2.45, 2.75) is 57.7 Å². The quantitative estimate of drug-likeness (QED) is 0.889. The molecule has 0 amide bonds. The van der Waals surface area contributed by atoms with Crippen LogP contribution < -0.4 is 5.32 Å². The molecule has 1 heterocycles. The molecule has 0 aromatic carbocycles. The highest BCUT2D eigenvalue weighted by atomic mass is 16.5. The summed E-state index contributed by atoms with van der Waals surface area (Å²) in [6.07, 6.45) is 8.84. The van der Waals surface area contributed by atoms with E-state index in [-0.39, 0.29) is 11.6 Å². The van der Waals surface area contributed by atoms with Gasteiger partial charge in [-0.25, -0.2) is 0 Å². The van der Waals surface area contributed by atoms with Crippen LogP contribution >= 0.6 is 0 Å². The summed E-state index contributed by atoms with van der Waals surface area (Å²) >= 11 is 0. The number of aryl methyl sites for hydroxylation is 1. The van der Waals surface area contributed by atoms with E-state index in [2.05, 4.69) is 30.5 Å². The van der Waals surface area contributed by atoms with Crippen molar-refractivity contribution in [3.05, 3.63) is 18.0 Å². The molecule has 1 fully saturated rings. The van der Waals surface area contributed by atoms with E-state index in [9.17, 15) is 0 Å². The first-order chi connectivity index (χ1) is 9.15. The monoisotopic (exact) mass is 265 g/mol. The number of likely N-dealkylation sites (N-methyl/N-ethyl adjacent to an activating group) is 1. The van der Waals surface area contributed by atoms with Gasteiger partial charge in [-0.15, -0.1) is 0 Å². The van der Waals surface area contributed by atoms with Gasteiger partial charge < -0.3 is 10.1 Å². The summed E-state index contributed by atoms with van der Waals surface area (Å²) in [5.74, 6) is 0.819. The second-order valence-electron chi connectivity index (χ2n) is 5.80. The predicted octanol–water partition coefficient (Wildman–Crippen LogP) is 2.76. The fraction of sp³-hybridized carbons (Fsp3) is 0.800. The van der Waals surface area contributed by atoms with E-state index in [1.165, 1.54) is 18.4 Å². The maximum atomic E-state index is 5.98. The van der Waals surface area contributed by atoms with E-state index in [0.717, 1.165) is 25.3 Å². The number of rotatable bonds is 5. The topological polar surface area (TPSA) is 39.1 Å². The van der Waals surface area contributed by atoms with E-state index in [0.29, 0.717) is 0 Å². The second-order valence-corrected chi connectivity index (χ2v) is 5.80. The van der Waals surface area contributed by atoms with Crippen LogP contribution in [0.1, 0.15) is 51.1 Å². The van der Waals surface area contributed by atoms with Crippen LogP contribution in [0.15, 0.2) is 12.4 Å². The molecular weight excluding hydrogens is 238 g/mol. The lowest BCUT2D eigenvalue weighted by Crippen LogP contribution is -2.46. The van der Waals surface area contributed by atoms with Crippen molar-refractivity contribution in [3.63, 3.8) is 0 Å². The van der Waals surface area contributed by atoms with Gasteiger partial charge in [0.05, 0.1) is 17.8 Å². The van der Waals surface area contributed by atoms with Gasteiger partial charge in [0.1, 0.15) is 0 Å². The Bertz CT molecular complexity index is 394. The summed E-state index contributed by atoms with van der Waals surface area (Å²) in [6.45, 7) is 5.36. The minimum Gasteiger partial charge on any atom is -0.376 e. The molecule has 19 heavy (non-hydrogen) atoms. The molecular formula is C15H27N3O. The SMILES string of the molecule is CCn1cc(C(NC)C2(OC)CCC(C)CC2)cn1. The molecule has 0 saturated heterocycles. The second kappa shape index (κ2) is 6.06. The van der Waals surface area contributed by atoms with Gasteiger partial charge in [0.2, 0.25) is 0 Å². The largest absolute Gasteiger partial charge is 0.376 e. The normalized spacial score (nSPS) is 29.4. The number of hydrogen-bond acceptors (Lipinski definition) is 3. The molecule has 1 atom stereocenters. The summed E-state index contributed by atoms with van der Waals surface area (Å²) < 4.78 is 7.96. The first kappa shape index (κ1) is 14.5. The van der Waals surface area contributed by atoms with E-state index in [4.69, 9.17) is 4.74 Å². The van der Waals surface area contributed by atoms with E-state index in [1.54, 1.807) is 0 Å². The molecule has 4 nitrogen and oxygen atoms in total. The van der Waals surface area contributed by atoms with Crippen molar-refractivity contribution in [1.29, 1.82) is 0 Å². The van der Waals surface area contributed by atoms with Gasteiger partial charge in [-0.05, 0) is 45.6 Å². The first-order valence-electron chi connectivity index (χ1n) is 7.40. The maximum Gasteiger partial charge on any atom is 0.0873 e. The molecule has 1 unspecified atom stereocenters. The molecule has 1 aliphatic carbocycles. The van der Waals surface area contributed by atoms with Crippen molar-refractivity contribution in [1.82, 2.24) is 15.1 Å². The number of ether oxygens (including phenoxy) is 1. The summed E-state index contributed by atoms with van der Waals surface area (Å²) in [7, 11) is 3.87. The van der Waals surface area contributed by atoms with E-state index in [1.807, 2.05) is 25.0 Å². The third-order valence-corrected chi connectivity index (χ3v) is 4.65. The fourth-order valence-electron chi connectivity index (χ4n) is 3.30. The lowest BCUT2D eigenvalue weighted by Gasteiger charge is -2.43. The van der Waals surface area contributed by atoms with Crippen LogP contribution in [0.4, 0.5) is 0 Å². The molecule has 108 valence electrons. The van der Waals surface area contributed by atoms with Gasteiger partial charge in [0.25, 0.3) is 0 Å². The van der Waals surface area contributed by atoms with Crippen molar-refractivity contribution >= 4 is 0 Å². The van der Waals surface area contributed by atoms with Crippen molar-refractivity contribution in [2.24, 2.45) is 5.92 Å². The van der Waals surface area contributed by atoms with Gasteiger partial charge in [-0.3, -0.25) is 4.68 Å². The molecule has 0 aliphatic heterocycles. The molecule has 4 heteroatoms.